The number of hydrogen-bond donors (Lipinski definition) is 0. The third-order valence-electron chi connectivity index (χ3n) is 28.2. The van der Waals surface area contributed by atoms with Gasteiger partial charge in [-0.1, -0.05) is 358 Å². The lowest BCUT2D eigenvalue weighted by Crippen LogP contribution is -2.00. The summed E-state index contributed by atoms with van der Waals surface area (Å²) in [5.74, 6) is 3.84. The van der Waals surface area contributed by atoms with Crippen LogP contribution in [0.1, 0.15) is 0 Å². The molecular weight excluding hydrogens is 1760 g/mol. The highest BCUT2D eigenvalue weighted by Gasteiger charge is 2.28. The molecule has 0 aliphatic heterocycles. The standard InChI is InChI=1S/C46H29NO.2C43H26N4O/c1-3-11-30(12-4-1)35-23-36(31-13-5-2-6-14-31)25-37(24-35)32-19-21-38(22-20-32)47-43-27-34-16-8-7-15-33(34)26-40(43)41-29-46-42(28-44(41)47)39-17-9-10-18-45(39)48-46;1-3-13-27(14-4-1)41-44-42(28-15-5-2-6-16-28)46-43(45-41)29-23-25-30(26-24-29)47-35-21-11-9-19-33(35)38-39(47)32-18-8-7-17-31(32)37-34-20-10-12-22-36(34)48-40(37)38;1-3-13-27(14-4-1)41-44-42(28-15-5-2-6-16-28)46-43(45-41)29-23-25-30(26-24-29)47-35-21-11-9-19-33(35)37-31-17-7-8-18-32(31)38-34-20-10-12-22-36(34)48-40(38)39(37)47/h1-29H;2*1-26H. The van der Waals surface area contributed by atoms with Crippen molar-refractivity contribution in [2.24, 2.45) is 0 Å². The van der Waals surface area contributed by atoms with Crippen LogP contribution in [0.15, 0.2) is 505 Å². The van der Waals surface area contributed by atoms with Crippen molar-refractivity contribution in [3.63, 3.8) is 0 Å². The van der Waals surface area contributed by atoms with Gasteiger partial charge < -0.3 is 27.0 Å². The number of fused-ring (bicyclic) bond motifs is 27. The van der Waals surface area contributed by atoms with E-state index in [9.17, 15) is 0 Å². The maximum absolute atomic E-state index is 6.72. The fourth-order valence-electron chi connectivity index (χ4n) is 21.6. The number of furan rings is 3. The van der Waals surface area contributed by atoms with Crippen molar-refractivity contribution in [3.8, 4) is 119 Å². The van der Waals surface area contributed by atoms with Gasteiger partial charge in [-0.3, -0.25) is 0 Å². The average Bonchev–Trinajstić information content (AvgIpc) is 1.54. The number of aromatic nitrogens is 9. The minimum Gasteiger partial charge on any atom is -0.456 e. The first-order valence-electron chi connectivity index (χ1n) is 48.5. The van der Waals surface area contributed by atoms with E-state index in [0.29, 0.717) is 34.9 Å². The number of benzene rings is 22. The molecule has 0 N–H and O–H groups in total. The van der Waals surface area contributed by atoms with E-state index in [1.54, 1.807) is 0 Å². The van der Waals surface area contributed by atoms with E-state index in [2.05, 4.69) is 359 Å². The van der Waals surface area contributed by atoms with Crippen LogP contribution in [-0.2, 0) is 0 Å². The molecule has 0 amide bonds. The van der Waals surface area contributed by atoms with Gasteiger partial charge in [0.15, 0.2) is 40.5 Å². The molecule has 12 heteroatoms. The lowest BCUT2D eigenvalue weighted by molar-refractivity contribution is 0.669. The van der Waals surface area contributed by atoms with Crippen molar-refractivity contribution >= 4 is 164 Å². The largest absolute Gasteiger partial charge is 0.456 e. The molecule has 8 heterocycles. The van der Waals surface area contributed by atoms with E-state index < -0.39 is 0 Å². The molecule has 8 aromatic heterocycles. The minimum absolute atomic E-state index is 0.627. The molecule has 30 rings (SSSR count). The zero-order valence-electron chi connectivity index (χ0n) is 77.5. The summed E-state index contributed by atoms with van der Waals surface area (Å²) in [7, 11) is 0. The Labute approximate surface area is 824 Å². The highest BCUT2D eigenvalue weighted by Crippen LogP contribution is 2.50. The average molecular weight is 1840 g/mol. The predicted octanol–water partition coefficient (Wildman–Crippen LogP) is 34.9. The molecule has 22 aromatic carbocycles. The normalized spacial score (nSPS) is 11.8. The van der Waals surface area contributed by atoms with Crippen LogP contribution in [0.3, 0.4) is 0 Å². The minimum atomic E-state index is 0.627. The Morgan fingerprint density at radius 2 is 0.444 bits per heavy atom. The molecule has 0 aliphatic rings. The van der Waals surface area contributed by atoms with E-state index in [1.807, 2.05) is 146 Å². The third kappa shape index (κ3) is 14.1. The van der Waals surface area contributed by atoms with Crippen molar-refractivity contribution < 1.29 is 13.3 Å². The molecule has 0 aliphatic carbocycles. The summed E-state index contributed by atoms with van der Waals surface area (Å²) in [4.78, 5) is 29.5. The van der Waals surface area contributed by atoms with Gasteiger partial charge in [0.2, 0.25) is 0 Å². The van der Waals surface area contributed by atoms with Crippen LogP contribution in [0.5, 0.6) is 0 Å². The first-order valence-corrected chi connectivity index (χ1v) is 48.5. The predicted molar refractivity (Wildman–Crippen MR) is 592 cm³/mol. The maximum atomic E-state index is 6.72. The molecule has 0 spiro atoms. The van der Waals surface area contributed by atoms with Crippen LogP contribution in [0.25, 0.3) is 282 Å². The van der Waals surface area contributed by atoms with Crippen molar-refractivity contribution in [2.75, 3.05) is 0 Å². The molecule has 0 unspecified atom stereocenters. The van der Waals surface area contributed by atoms with Crippen molar-refractivity contribution in [2.45, 2.75) is 0 Å². The molecule has 672 valence electrons. The van der Waals surface area contributed by atoms with Crippen molar-refractivity contribution in [3.05, 3.63) is 491 Å². The smallest absolute Gasteiger partial charge is 0.164 e. The fraction of sp³-hybridized carbons (Fsp3) is 0. The van der Waals surface area contributed by atoms with Crippen molar-refractivity contribution in [1.29, 1.82) is 0 Å². The molecule has 144 heavy (non-hydrogen) atoms. The Hall–Kier alpha value is -19.6. The molecule has 0 fully saturated rings. The molecule has 0 saturated carbocycles. The van der Waals surface area contributed by atoms with Gasteiger partial charge in [-0.2, -0.15) is 0 Å². The van der Waals surface area contributed by atoms with Crippen LogP contribution < -0.4 is 0 Å². The first kappa shape index (κ1) is 82.7. The second-order valence-corrected chi connectivity index (χ2v) is 36.6. The van der Waals surface area contributed by atoms with Gasteiger partial charge in [0.1, 0.15) is 27.9 Å². The lowest BCUT2D eigenvalue weighted by atomic mass is 9.93. The molecule has 0 atom stereocenters. The third-order valence-corrected chi connectivity index (χ3v) is 28.2. The summed E-state index contributed by atoms with van der Waals surface area (Å²) in [5, 5.41) is 21.1. The first-order chi connectivity index (χ1) is 71.4. The van der Waals surface area contributed by atoms with Gasteiger partial charge in [-0.25, -0.2) is 29.9 Å². The van der Waals surface area contributed by atoms with Gasteiger partial charge in [-0.05, 0) is 194 Å². The van der Waals surface area contributed by atoms with Crippen LogP contribution in [0.4, 0.5) is 0 Å². The number of hydrogen-bond acceptors (Lipinski definition) is 9. The van der Waals surface area contributed by atoms with Crippen LogP contribution in [0.2, 0.25) is 0 Å². The Bertz CT molecular complexity index is 10100. The van der Waals surface area contributed by atoms with Crippen LogP contribution in [-0.4, -0.2) is 43.6 Å². The topological polar surface area (TPSA) is 132 Å². The summed E-state index contributed by atoms with van der Waals surface area (Å²) >= 11 is 0. The summed E-state index contributed by atoms with van der Waals surface area (Å²) in [6.45, 7) is 0. The zero-order valence-corrected chi connectivity index (χ0v) is 77.5. The molecule has 0 bridgehead atoms. The molecule has 30 aromatic rings. The molecule has 12 nitrogen and oxygen atoms in total. The fourth-order valence-corrected chi connectivity index (χ4v) is 21.6. The van der Waals surface area contributed by atoms with Gasteiger partial charge >= 0.3 is 0 Å². The Balaban J connectivity index is 0.000000105. The SMILES string of the molecule is c1ccc(-c2cc(-c3ccccc3)cc(-c3ccc(-n4c5cc6ccccc6cc5c5cc6oc7ccccc7c6cc54)cc3)c2)cc1.c1ccc(-c2nc(-c3ccccc3)nc(-c3ccc(-n4c5ccccc5c5c6ccccc6c6c7ccccc7oc6c54)cc3)n2)cc1.c1ccc(-c2nc(-c3ccccc3)nc(-c3ccc(-n4c5ccccc5c5c6oc7ccccc7c6c6ccccc6c54)cc3)n2)cc1. The van der Waals surface area contributed by atoms with E-state index >= 15 is 0 Å². The van der Waals surface area contributed by atoms with E-state index in [0.717, 1.165) is 149 Å². The summed E-state index contributed by atoms with van der Waals surface area (Å²) in [5.41, 5.74) is 28.3. The maximum Gasteiger partial charge on any atom is 0.164 e. The summed E-state index contributed by atoms with van der Waals surface area (Å²) < 4.78 is 26.9. The van der Waals surface area contributed by atoms with E-state index in [-0.39, 0.29) is 0 Å². The Morgan fingerprint density at radius 1 is 0.146 bits per heavy atom. The lowest BCUT2D eigenvalue weighted by Gasteiger charge is -2.13. The zero-order chi connectivity index (χ0) is 94.8. The number of rotatable bonds is 12. The highest BCUT2D eigenvalue weighted by molar-refractivity contribution is 6.37. The van der Waals surface area contributed by atoms with Gasteiger partial charge in [0.05, 0.1) is 38.5 Å². The summed E-state index contributed by atoms with van der Waals surface area (Å²) in [6.07, 6.45) is 0. The summed E-state index contributed by atoms with van der Waals surface area (Å²) in [6, 6.07) is 172. The number of para-hydroxylation sites is 5. The second-order valence-electron chi connectivity index (χ2n) is 36.6. The molecular formula is C132H81N9O3. The highest BCUT2D eigenvalue weighted by atomic mass is 16.3. The van der Waals surface area contributed by atoms with Crippen molar-refractivity contribution in [1.82, 2.24) is 43.6 Å². The van der Waals surface area contributed by atoms with E-state index in [1.165, 1.54) is 98.3 Å². The van der Waals surface area contributed by atoms with Gasteiger partial charge in [-0.15, -0.1) is 0 Å². The number of nitrogens with zero attached hydrogens (tertiary/aromatic N) is 9. The van der Waals surface area contributed by atoms with Crippen LogP contribution in [0, 0.1) is 0 Å². The van der Waals surface area contributed by atoms with Gasteiger partial charge in [0, 0.05) is 115 Å². The molecule has 0 radical (unpaired) electrons. The Morgan fingerprint density at radius 3 is 0.903 bits per heavy atom. The quantitative estimate of drug-likeness (QED) is 0.117. The monoisotopic (exact) mass is 1840 g/mol. The Kier molecular flexibility index (Phi) is 19.7. The molecule has 0 saturated heterocycles. The van der Waals surface area contributed by atoms with Gasteiger partial charge in [0.25, 0.3) is 0 Å². The second kappa shape index (κ2) is 34.3. The van der Waals surface area contributed by atoms with Crippen LogP contribution >= 0.6 is 0 Å². The van der Waals surface area contributed by atoms with E-state index in [4.69, 9.17) is 43.2 Å².